The van der Waals surface area contributed by atoms with Gasteiger partial charge in [-0.05, 0) is 24.6 Å². The third-order valence-corrected chi connectivity index (χ3v) is 6.50. The summed E-state index contributed by atoms with van der Waals surface area (Å²) >= 11 is 5.95. The maximum Gasteiger partial charge on any atom is 0.243 e. The predicted molar refractivity (Wildman–Crippen MR) is 72.8 cm³/mol. The molecule has 18 heavy (non-hydrogen) atoms. The summed E-state index contributed by atoms with van der Waals surface area (Å²) in [5.41, 5.74) is 0.843. The molecular formula is C11H14ClNO3S2. The molecule has 100 valence electrons. The number of benzene rings is 1. The molecule has 1 fully saturated rings. The lowest BCUT2D eigenvalue weighted by molar-refractivity contribution is 0.438. The van der Waals surface area contributed by atoms with E-state index in [1.54, 1.807) is 12.1 Å². The molecule has 0 N–H and O–H groups in total. The molecule has 0 radical (unpaired) electrons. The minimum absolute atomic E-state index is 0.200. The third kappa shape index (κ3) is 2.77. The van der Waals surface area contributed by atoms with Crippen molar-refractivity contribution in [2.45, 2.75) is 11.8 Å². The predicted octanol–water partition coefficient (Wildman–Crippen LogP) is 1.40. The van der Waals surface area contributed by atoms with Crippen LogP contribution in [0.25, 0.3) is 0 Å². The minimum atomic E-state index is -3.51. The maximum atomic E-state index is 12.3. The molecule has 1 aromatic carbocycles. The van der Waals surface area contributed by atoms with E-state index in [-0.39, 0.29) is 4.90 Å². The topological polar surface area (TPSA) is 54.5 Å². The Hall–Kier alpha value is -0.430. The van der Waals surface area contributed by atoms with E-state index in [0.717, 1.165) is 5.56 Å². The summed E-state index contributed by atoms with van der Waals surface area (Å²) in [6.45, 7) is 2.43. The van der Waals surface area contributed by atoms with Crippen LogP contribution in [0.15, 0.2) is 23.1 Å². The molecule has 4 nitrogen and oxygen atoms in total. The molecule has 0 amide bonds. The van der Waals surface area contributed by atoms with Crippen LogP contribution < -0.4 is 0 Å². The highest BCUT2D eigenvalue weighted by Gasteiger charge is 2.28. The van der Waals surface area contributed by atoms with Crippen molar-refractivity contribution in [3.8, 4) is 0 Å². The summed E-state index contributed by atoms with van der Waals surface area (Å²) in [6, 6.07) is 4.72. The molecule has 0 saturated carbocycles. The van der Waals surface area contributed by atoms with Gasteiger partial charge in [0.1, 0.15) is 0 Å². The number of halogens is 1. The van der Waals surface area contributed by atoms with Gasteiger partial charge in [0.05, 0.1) is 4.90 Å². The van der Waals surface area contributed by atoms with Crippen LogP contribution in [0.1, 0.15) is 5.56 Å². The lowest BCUT2D eigenvalue weighted by Crippen LogP contribution is -2.41. The Morgan fingerprint density at radius 2 is 1.89 bits per heavy atom. The molecule has 1 heterocycles. The van der Waals surface area contributed by atoms with Gasteiger partial charge in [0.25, 0.3) is 0 Å². The number of nitrogens with zero attached hydrogens (tertiary/aromatic N) is 1. The number of hydrogen-bond donors (Lipinski definition) is 0. The molecule has 2 rings (SSSR count). The first-order valence-corrected chi connectivity index (χ1v) is 8.83. The van der Waals surface area contributed by atoms with Gasteiger partial charge in [0.15, 0.2) is 0 Å². The second-order valence-electron chi connectivity index (χ2n) is 4.16. The summed E-state index contributed by atoms with van der Waals surface area (Å²) in [6.07, 6.45) is 0. The second-order valence-corrected chi connectivity index (χ2v) is 8.20. The second kappa shape index (κ2) is 5.28. The van der Waals surface area contributed by atoms with E-state index in [0.29, 0.717) is 29.6 Å². The van der Waals surface area contributed by atoms with Crippen LogP contribution >= 0.6 is 11.6 Å². The normalized spacial score (nSPS) is 19.0. The summed E-state index contributed by atoms with van der Waals surface area (Å²) in [4.78, 5) is 0.200. The Balaban J connectivity index is 2.30. The van der Waals surface area contributed by atoms with Crippen molar-refractivity contribution >= 4 is 32.4 Å². The first-order chi connectivity index (χ1) is 8.41. The maximum absolute atomic E-state index is 12.3. The zero-order valence-corrected chi connectivity index (χ0v) is 12.3. The van der Waals surface area contributed by atoms with Gasteiger partial charge in [-0.15, -0.1) is 0 Å². The van der Waals surface area contributed by atoms with E-state index in [4.69, 9.17) is 11.6 Å². The lowest BCUT2D eigenvalue weighted by atomic mass is 10.2. The van der Waals surface area contributed by atoms with Crippen molar-refractivity contribution in [3.63, 3.8) is 0 Å². The standard InChI is InChI=1S/C11H14ClNO3S2/c1-9-2-3-10(8-11(9)12)18(15,16)13-4-6-17(14)7-5-13/h2-3,8H,4-7H2,1H3. The van der Waals surface area contributed by atoms with E-state index in [9.17, 15) is 12.6 Å². The van der Waals surface area contributed by atoms with Crippen LogP contribution in [0.4, 0.5) is 0 Å². The molecular weight excluding hydrogens is 294 g/mol. The van der Waals surface area contributed by atoms with Crippen LogP contribution in [0.3, 0.4) is 0 Å². The van der Waals surface area contributed by atoms with Gasteiger partial charge >= 0.3 is 0 Å². The minimum Gasteiger partial charge on any atom is -0.259 e. The van der Waals surface area contributed by atoms with Crippen molar-refractivity contribution in [1.29, 1.82) is 0 Å². The quantitative estimate of drug-likeness (QED) is 0.830. The van der Waals surface area contributed by atoms with Crippen LogP contribution in [-0.2, 0) is 20.8 Å². The molecule has 0 atom stereocenters. The van der Waals surface area contributed by atoms with Crippen LogP contribution in [-0.4, -0.2) is 41.5 Å². The molecule has 0 spiro atoms. The van der Waals surface area contributed by atoms with Crippen molar-refractivity contribution in [2.24, 2.45) is 0 Å². The monoisotopic (exact) mass is 307 g/mol. The Bertz CT molecular complexity index is 576. The fourth-order valence-electron chi connectivity index (χ4n) is 1.74. The average molecular weight is 308 g/mol. The highest BCUT2D eigenvalue weighted by molar-refractivity contribution is 7.89. The summed E-state index contributed by atoms with van der Waals surface area (Å²) in [5, 5.41) is 0.441. The number of sulfonamides is 1. The van der Waals surface area contributed by atoms with Crippen LogP contribution in [0.2, 0.25) is 5.02 Å². The molecule has 0 aromatic heterocycles. The fraction of sp³-hybridized carbons (Fsp3) is 0.455. The lowest BCUT2D eigenvalue weighted by Gasteiger charge is -2.25. The van der Waals surface area contributed by atoms with Crippen LogP contribution in [0, 0.1) is 6.92 Å². The Labute approximate surface area is 114 Å². The number of aryl methyl sites for hydroxylation is 1. The van der Waals surface area contributed by atoms with E-state index in [2.05, 4.69) is 0 Å². The summed E-state index contributed by atoms with van der Waals surface area (Å²) < 4.78 is 37.3. The molecule has 1 aromatic rings. The van der Waals surface area contributed by atoms with E-state index in [1.807, 2.05) is 6.92 Å². The number of hydrogen-bond acceptors (Lipinski definition) is 3. The fourth-order valence-corrected chi connectivity index (χ4v) is 4.74. The van der Waals surface area contributed by atoms with Crippen molar-refractivity contribution < 1.29 is 12.6 Å². The highest BCUT2D eigenvalue weighted by atomic mass is 35.5. The molecule has 0 unspecified atom stereocenters. The number of rotatable bonds is 2. The molecule has 1 saturated heterocycles. The molecule has 1 aliphatic rings. The van der Waals surface area contributed by atoms with Crippen molar-refractivity contribution in [2.75, 3.05) is 24.6 Å². The van der Waals surface area contributed by atoms with Gasteiger partial charge in [-0.3, -0.25) is 4.21 Å². The first kappa shape index (κ1) is 14.0. The van der Waals surface area contributed by atoms with Crippen molar-refractivity contribution in [3.05, 3.63) is 28.8 Å². The molecule has 0 aliphatic carbocycles. The van der Waals surface area contributed by atoms with Gasteiger partial charge in [-0.25, -0.2) is 8.42 Å². The van der Waals surface area contributed by atoms with E-state index < -0.39 is 20.8 Å². The summed E-state index contributed by atoms with van der Waals surface area (Å²) in [7, 11) is -4.40. The molecule has 1 aliphatic heterocycles. The van der Waals surface area contributed by atoms with Gasteiger partial charge in [-0.1, -0.05) is 17.7 Å². The summed E-state index contributed by atoms with van der Waals surface area (Å²) in [5.74, 6) is 0.803. The van der Waals surface area contributed by atoms with Gasteiger partial charge < -0.3 is 0 Å². The average Bonchev–Trinajstić information content (AvgIpc) is 2.33. The highest BCUT2D eigenvalue weighted by Crippen LogP contribution is 2.23. The Morgan fingerprint density at radius 3 is 2.44 bits per heavy atom. The Kier molecular flexibility index (Phi) is 4.11. The van der Waals surface area contributed by atoms with E-state index >= 15 is 0 Å². The zero-order valence-electron chi connectivity index (χ0n) is 9.93. The van der Waals surface area contributed by atoms with Crippen LogP contribution in [0.5, 0.6) is 0 Å². The SMILES string of the molecule is Cc1ccc(S(=O)(=O)N2CCS(=O)CC2)cc1Cl. The first-order valence-electron chi connectivity index (χ1n) is 5.52. The zero-order chi connectivity index (χ0) is 13.3. The molecule has 0 bridgehead atoms. The smallest absolute Gasteiger partial charge is 0.243 e. The third-order valence-electron chi connectivity index (χ3n) is 2.92. The van der Waals surface area contributed by atoms with Gasteiger partial charge in [-0.2, -0.15) is 4.31 Å². The Morgan fingerprint density at radius 1 is 1.28 bits per heavy atom. The largest absolute Gasteiger partial charge is 0.259 e. The van der Waals surface area contributed by atoms with E-state index in [1.165, 1.54) is 10.4 Å². The van der Waals surface area contributed by atoms with Gasteiger partial charge in [0.2, 0.25) is 10.0 Å². The van der Waals surface area contributed by atoms with Crippen molar-refractivity contribution in [1.82, 2.24) is 4.31 Å². The molecule has 7 heteroatoms. The van der Waals surface area contributed by atoms with Gasteiger partial charge in [0, 0.05) is 40.4 Å².